The number of para-hydroxylation sites is 1. The molecule has 0 saturated carbocycles. The summed E-state index contributed by atoms with van der Waals surface area (Å²) in [6.07, 6.45) is 2.30. The molecule has 0 unspecified atom stereocenters. The zero-order valence-corrected chi connectivity index (χ0v) is 21.9. The highest BCUT2D eigenvalue weighted by molar-refractivity contribution is 6.35. The van der Waals surface area contributed by atoms with E-state index in [1.165, 1.54) is 11.1 Å². The number of nitrogens with one attached hydrogen (secondary N) is 1. The van der Waals surface area contributed by atoms with Crippen LogP contribution in [0.25, 0.3) is 27.8 Å². The summed E-state index contributed by atoms with van der Waals surface area (Å²) < 4.78 is 41.4. The molecule has 0 atom stereocenters. The summed E-state index contributed by atoms with van der Waals surface area (Å²) in [5, 5.41) is 6.89. The molecule has 0 fully saturated rings. The molecule has 2 aliphatic heterocycles. The molecule has 5 heterocycles. The van der Waals surface area contributed by atoms with Gasteiger partial charge < -0.3 is 9.88 Å². The fourth-order valence-electron chi connectivity index (χ4n) is 5.99. The van der Waals surface area contributed by atoms with Crippen molar-refractivity contribution in [2.24, 2.45) is 0 Å². The van der Waals surface area contributed by atoms with Gasteiger partial charge in [0.15, 0.2) is 0 Å². The Morgan fingerprint density at radius 2 is 1.85 bits per heavy atom. The summed E-state index contributed by atoms with van der Waals surface area (Å²) in [4.78, 5) is 13.4. The summed E-state index contributed by atoms with van der Waals surface area (Å²) in [7, 11) is 0. The molecule has 198 valence electrons. The lowest BCUT2D eigenvalue weighted by Gasteiger charge is -2.28. The Kier molecular flexibility index (Phi) is 5.49. The molecule has 3 aromatic heterocycles. The van der Waals surface area contributed by atoms with Gasteiger partial charge in [-0.2, -0.15) is 18.3 Å². The molecule has 1 N–H and O–H groups in total. The van der Waals surface area contributed by atoms with Crippen LogP contribution in [0.3, 0.4) is 0 Å². The normalized spacial score (nSPS) is 14.8. The van der Waals surface area contributed by atoms with Crippen LogP contribution in [-0.4, -0.2) is 31.3 Å². The smallest absolute Gasteiger partial charge is 0.360 e. The van der Waals surface area contributed by atoms with E-state index in [0.717, 1.165) is 76.3 Å². The number of nitrogens with zero attached hydrogens (tertiary/aromatic N) is 5. The van der Waals surface area contributed by atoms with Gasteiger partial charge in [-0.25, -0.2) is 14.6 Å². The Balaban J connectivity index is 1.45. The third kappa shape index (κ3) is 3.82. The summed E-state index contributed by atoms with van der Waals surface area (Å²) >= 11 is 6.71. The van der Waals surface area contributed by atoms with Crippen LogP contribution in [0.4, 0.5) is 19.1 Å². The summed E-state index contributed by atoms with van der Waals surface area (Å²) in [6, 6.07) is 10.5. The molecule has 5 aromatic rings. The van der Waals surface area contributed by atoms with Crippen LogP contribution in [0.2, 0.25) is 5.02 Å². The molecule has 0 spiro atoms. The highest BCUT2D eigenvalue weighted by atomic mass is 35.5. The third-order valence-electron chi connectivity index (χ3n) is 7.86. The largest absolute Gasteiger partial charge is 0.419 e. The molecule has 0 saturated heterocycles. The number of hydrogen-bond donors (Lipinski definition) is 1. The van der Waals surface area contributed by atoms with Gasteiger partial charge in [-0.15, -0.1) is 0 Å². The Bertz CT molecular complexity index is 1740. The van der Waals surface area contributed by atoms with E-state index in [1.54, 1.807) is 0 Å². The van der Waals surface area contributed by atoms with Crippen molar-refractivity contribution in [3.63, 3.8) is 0 Å². The number of aromatic amines is 1. The van der Waals surface area contributed by atoms with Crippen molar-refractivity contribution in [1.82, 2.24) is 24.7 Å². The first-order valence-corrected chi connectivity index (χ1v) is 13.4. The summed E-state index contributed by atoms with van der Waals surface area (Å²) in [6.45, 7) is 3.15. The number of benzene rings is 2. The maximum atomic E-state index is 13.1. The lowest BCUT2D eigenvalue weighted by atomic mass is 9.89. The minimum atomic E-state index is -4.48. The van der Waals surface area contributed by atoms with Gasteiger partial charge in [0.2, 0.25) is 5.95 Å². The van der Waals surface area contributed by atoms with Crippen LogP contribution >= 0.6 is 11.6 Å². The number of aromatic nitrogens is 5. The molecule has 2 aliphatic rings. The first-order chi connectivity index (χ1) is 18.8. The van der Waals surface area contributed by atoms with Gasteiger partial charge in [-0.1, -0.05) is 36.7 Å². The number of halogens is 4. The molecule has 0 radical (unpaired) electrons. The second-order valence-electron chi connectivity index (χ2n) is 10.1. The van der Waals surface area contributed by atoms with Gasteiger partial charge in [-0.05, 0) is 48.1 Å². The lowest BCUT2D eigenvalue weighted by Crippen LogP contribution is -2.31. The maximum absolute atomic E-state index is 13.1. The second-order valence-corrected chi connectivity index (χ2v) is 10.5. The monoisotopic (exact) mass is 548 g/mol. The molecule has 2 aromatic carbocycles. The van der Waals surface area contributed by atoms with Crippen molar-refractivity contribution in [3.05, 3.63) is 87.5 Å². The van der Waals surface area contributed by atoms with E-state index in [1.807, 2.05) is 17.2 Å². The molecule has 7 rings (SSSR count). The molecule has 0 aliphatic carbocycles. The average Bonchev–Trinajstić information content (AvgIpc) is 3.56. The molecule has 10 heteroatoms. The van der Waals surface area contributed by atoms with Crippen molar-refractivity contribution in [2.45, 2.75) is 45.3 Å². The average molecular weight is 549 g/mol. The molecule has 0 bridgehead atoms. The second kappa shape index (κ2) is 8.84. The van der Waals surface area contributed by atoms with Crippen LogP contribution in [0.15, 0.2) is 48.9 Å². The van der Waals surface area contributed by atoms with Crippen molar-refractivity contribution in [1.29, 1.82) is 0 Å². The summed E-state index contributed by atoms with van der Waals surface area (Å²) in [5.41, 5.74) is 8.84. The zero-order valence-electron chi connectivity index (χ0n) is 21.1. The molecular formula is C29H24ClF3N6. The predicted octanol–water partition coefficient (Wildman–Crippen LogP) is 6.71. The van der Waals surface area contributed by atoms with Crippen molar-refractivity contribution in [3.8, 4) is 16.9 Å². The number of fused-ring (bicyclic) bond motifs is 9. The van der Waals surface area contributed by atoms with Gasteiger partial charge in [0.1, 0.15) is 0 Å². The molecule has 6 nitrogen and oxygen atoms in total. The van der Waals surface area contributed by atoms with E-state index in [9.17, 15) is 13.2 Å². The maximum Gasteiger partial charge on any atom is 0.419 e. The Hall–Kier alpha value is -3.85. The quantitative estimate of drug-likeness (QED) is 0.266. The van der Waals surface area contributed by atoms with Gasteiger partial charge in [0.25, 0.3) is 0 Å². The standard InChI is InChI=1S/C29H24ClF3N6/c1-2-16-4-3-5-17-6-7-18-12-22(30)25-20(8-10-34-25)24(18)27-21-15-38(11-9-23(21)37-39(27)26(16)17)28-35-13-19(14-36-28)29(31,32)33/h3-5,8,10,12-14,34H,2,6-7,9,11,15H2,1H3. The molecular weight excluding hydrogens is 525 g/mol. The van der Waals surface area contributed by atoms with Crippen LogP contribution < -0.4 is 4.90 Å². The zero-order chi connectivity index (χ0) is 26.9. The highest BCUT2D eigenvalue weighted by Crippen LogP contribution is 2.44. The number of aryl methyl sites for hydroxylation is 3. The fraction of sp³-hybridized carbons (Fsp3) is 0.276. The van der Waals surface area contributed by atoms with E-state index in [4.69, 9.17) is 16.7 Å². The minimum Gasteiger partial charge on any atom is -0.360 e. The van der Waals surface area contributed by atoms with Crippen LogP contribution in [0, 0.1) is 0 Å². The Morgan fingerprint density at radius 1 is 1.05 bits per heavy atom. The molecule has 0 amide bonds. The topological polar surface area (TPSA) is 62.6 Å². The lowest BCUT2D eigenvalue weighted by molar-refractivity contribution is -0.138. The van der Waals surface area contributed by atoms with Crippen LogP contribution in [0.5, 0.6) is 0 Å². The van der Waals surface area contributed by atoms with E-state index >= 15 is 0 Å². The number of hydrogen-bond acceptors (Lipinski definition) is 4. The molecule has 39 heavy (non-hydrogen) atoms. The highest BCUT2D eigenvalue weighted by Gasteiger charge is 2.34. The van der Waals surface area contributed by atoms with E-state index < -0.39 is 11.7 Å². The van der Waals surface area contributed by atoms with Crippen molar-refractivity contribution >= 4 is 28.5 Å². The van der Waals surface area contributed by atoms with E-state index in [-0.39, 0.29) is 5.95 Å². The van der Waals surface area contributed by atoms with Gasteiger partial charge in [0, 0.05) is 54.6 Å². The van der Waals surface area contributed by atoms with Crippen molar-refractivity contribution < 1.29 is 13.2 Å². The predicted molar refractivity (Wildman–Crippen MR) is 144 cm³/mol. The van der Waals surface area contributed by atoms with Gasteiger partial charge in [-0.3, -0.25) is 0 Å². The number of rotatable bonds is 2. The SMILES string of the molecule is CCc1cccc2c1-n1nc3c(c1-c1c(cc(Cl)c4[nH]ccc14)CC2)CN(c1ncc(C(F)(F)F)cn1)CC3. The number of H-pyrrole nitrogens is 1. The first-order valence-electron chi connectivity index (χ1n) is 13.0. The van der Waals surface area contributed by atoms with Crippen LogP contribution in [-0.2, 0) is 38.4 Å². The van der Waals surface area contributed by atoms with E-state index in [0.29, 0.717) is 24.5 Å². The van der Waals surface area contributed by atoms with E-state index in [2.05, 4.69) is 50.8 Å². The number of alkyl halides is 3. The first kappa shape index (κ1) is 24.2. The van der Waals surface area contributed by atoms with Gasteiger partial charge >= 0.3 is 6.18 Å². The van der Waals surface area contributed by atoms with Crippen LogP contribution in [0.1, 0.15) is 40.4 Å². The summed E-state index contributed by atoms with van der Waals surface area (Å²) in [5.74, 6) is 0.275. The van der Waals surface area contributed by atoms with Crippen molar-refractivity contribution in [2.75, 3.05) is 11.4 Å². The fourth-order valence-corrected chi connectivity index (χ4v) is 6.28. The third-order valence-corrected chi connectivity index (χ3v) is 8.15. The Labute approximate surface area is 227 Å². The minimum absolute atomic E-state index is 0.275. The number of anilines is 1. The Morgan fingerprint density at radius 3 is 2.62 bits per heavy atom. The van der Waals surface area contributed by atoms with Gasteiger partial charge in [0.05, 0.1) is 33.2 Å².